The highest BCUT2D eigenvalue weighted by atomic mass is 16.5. The van der Waals surface area contributed by atoms with Crippen molar-refractivity contribution in [2.75, 3.05) is 18.6 Å². The van der Waals surface area contributed by atoms with Crippen LogP contribution in [0.25, 0.3) is 0 Å². The molecule has 0 spiro atoms. The fourth-order valence-electron chi connectivity index (χ4n) is 1.40. The van der Waals surface area contributed by atoms with E-state index in [-0.39, 0.29) is 5.91 Å². The second kappa shape index (κ2) is 3.31. The minimum Gasteiger partial charge on any atom is -0.497 e. The van der Waals surface area contributed by atoms with Gasteiger partial charge in [-0.05, 0) is 24.3 Å². The first-order valence-corrected chi connectivity index (χ1v) is 4.36. The van der Waals surface area contributed by atoms with Crippen molar-refractivity contribution in [1.29, 1.82) is 0 Å². The predicted octanol–water partition coefficient (Wildman–Crippen LogP) is 0.403. The minimum absolute atomic E-state index is 0.241. The van der Waals surface area contributed by atoms with Crippen LogP contribution < -0.4 is 9.64 Å². The highest BCUT2D eigenvalue weighted by Crippen LogP contribution is 2.24. The molecule has 1 aliphatic rings. The fourth-order valence-corrected chi connectivity index (χ4v) is 1.40. The average Bonchev–Trinajstić information content (AvgIpc) is 2.25. The summed E-state index contributed by atoms with van der Waals surface area (Å²) in [5, 5.41) is 9.03. The van der Waals surface area contributed by atoms with E-state index >= 15 is 0 Å². The van der Waals surface area contributed by atoms with E-state index in [1.807, 2.05) is 0 Å². The molecule has 1 N–H and O–H groups in total. The topological polar surface area (TPSA) is 49.8 Å². The predicted molar refractivity (Wildman–Crippen MR) is 51.4 cm³/mol. The zero-order chi connectivity index (χ0) is 10.1. The van der Waals surface area contributed by atoms with Crippen molar-refractivity contribution in [3.8, 4) is 5.75 Å². The van der Waals surface area contributed by atoms with Gasteiger partial charge in [-0.3, -0.25) is 4.79 Å². The molecule has 1 aromatic rings. The molecular weight excluding hydrogens is 182 g/mol. The van der Waals surface area contributed by atoms with E-state index in [9.17, 15) is 4.79 Å². The summed E-state index contributed by atoms with van der Waals surface area (Å²) >= 11 is 0. The second-order valence-corrected chi connectivity index (χ2v) is 3.16. The number of aliphatic hydroxyl groups is 1. The van der Waals surface area contributed by atoms with Gasteiger partial charge in [-0.1, -0.05) is 0 Å². The van der Waals surface area contributed by atoms with E-state index in [1.54, 1.807) is 31.4 Å². The number of β-amino-alcohol motifs (C(OH)–C–C–N with tert-alkyl or cyclic N) is 1. The Balaban J connectivity index is 2.14. The maximum Gasteiger partial charge on any atom is 0.257 e. The zero-order valence-corrected chi connectivity index (χ0v) is 7.80. The second-order valence-electron chi connectivity index (χ2n) is 3.16. The van der Waals surface area contributed by atoms with Gasteiger partial charge in [0.05, 0.1) is 13.7 Å². The van der Waals surface area contributed by atoms with Gasteiger partial charge in [0.1, 0.15) is 5.75 Å². The number of ether oxygens (including phenoxy) is 1. The van der Waals surface area contributed by atoms with Crippen LogP contribution in [0, 0.1) is 0 Å². The summed E-state index contributed by atoms with van der Waals surface area (Å²) in [6.07, 6.45) is -0.822. The van der Waals surface area contributed by atoms with Crippen molar-refractivity contribution >= 4 is 11.6 Å². The number of amides is 1. The molecule has 0 saturated carbocycles. The van der Waals surface area contributed by atoms with Crippen LogP contribution in [-0.2, 0) is 4.79 Å². The summed E-state index contributed by atoms with van der Waals surface area (Å²) in [4.78, 5) is 12.7. The van der Waals surface area contributed by atoms with Gasteiger partial charge in [0.25, 0.3) is 5.91 Å². The Hall–Kier alpha value is -1.55. The number of aliphatic hydroxyl groups excluding tert-OH is 1. The summed E-state index contributed by atoms with van der Waals surface area (Å²) < 4.78 is 5.00. The third-order valence-corrected chi connectivity index (χ3v) is 2.29. The standard InChI is InChI=1S/C10H11NO3/c1-14-8-4-2-7(3-5-8)11-6-9(12)10(11)13/h2-5,9,12H,6H2,1H3/t9-/m0/s1. The van der Waals surface area contributed by atoms with Crippen molar-refractivity contribution in [3.05, 3.63) is 24.3 Å². The first-order chi connectivity index (χ1) is 6.72. The molecule has 14 heavy (non-hydrogen) atoms. The first kappa shape index (κ1) is 9.02. The molecule has 1 aromatic carbocycles. The molecule has 0 aliphatic carbocycles. The maximum atomic E-state index is 11.2. The van der Waals surface area contributed by atoms with Crippen molar-refractivity contribution in [3.63, 3.8) is 0 Å². The Bertz CT molecular complexity index is 347. The van der Waals surface area contributed by atoms with E-state index in [1.165, 1.54) is 4.90 Å². The molecule has 0 aromatic heterocycles. The largest absolute Gasteiger partial charge is 0.497 e. The molecule has 74 valence electrons. The lowest BCUT2D eigenvalue weighted by atomic mass is 10.1. The van der Waals surface area contributed by atoms with Crippen LogP contribution in [0.4, 0.5) is 5.69 Å². The molecule has 4 heteroatoms. The Morgan fingerprint density at radius 1 is 1.43 bits per heavy atom. The van der Waals surface area contributed by atoms with Gasteiger partial charge in [0.15, 0.2) is 6.10 Å². The van der Waals surface area contributed by atoms with E-state index in [0.717, 1.165) is 11.4 Å². The monoisotopic (exact) mass is 193 g/mol. The van der Waals surface area contributed by atoms with Crippen LogP contribution in [0.15, 0.2) is 24.3 Å². The third kappa shape index (κ3) is 1.33. The summed E-state index contributed by atoms with van der Waals surface area (Å²) in [7, 11) is 1.59. The molecular formula is C10H11NO3. The number of benzene rings is 1. The quantitative estimate of drug-likeness (QED) is 0.692. The third-order valence-electron chi connectivity index (χ3n) is 2.29. The molecule has 0 unspecified atom stereocenters. The SMILES string of the molecule is COc1ccc(N2C[C@H](O)C2=O)cc1. The lowest BCUT2D eigenvalue weighted by Gasteiger charge is -2.35. The van der Waals surface area contributed by atoms with Crippen LogP contribution in [0.3, 0.4) is 0 Å². The lowest BCUT2D eigenvalue weighted by molar-refractivity contribution is -0.132. The minimum atomic E-state index is -0.822. The smallest absolute Gasteiger partial charge is 0.257 e. The van der Waals surface area contributed by atoms with Crippen LogP contribution in [0.2, 0.25) is 0 Å². The Labute approximate surface area is 81.7 Å². The van der Waals surface area contributed by atoms with Gasteiger partial charge in [-0.2, -0.15) is 0 Å². The molecule has 4 nitrogen and oxygen atoms in total. The number of hydrogen-bond acceptors (Lipinski definition) is 3. The molecule has 1 aliphatic heterocycles. The normalized spacial score (nSPS) is 20.6. The molecule has 2 rings (SSSR count). The molecule has 1 amide bonds. The molecule has 1 atom stereocenters. The van der Waals surface area contributed by atoms with Crippen molar-refractivity contribution < 1.29 is 14.6 Å². The van der Waals surface area contributed by atoms with Crippen LogP contribution in [0.1, 0.15) is 0 Å². The summed E-state index contributed by atoms with van der Waals surface area (Å²) in [6, 6.07) is 7.16. The van der Waals surface area contributed by atoms with Gasteiger partial charge in [-0.15, -0.1) is 0 Å². The van der Waals surface area contributed by atoms with Gasteiger partial charge in [-0.25, -0.2) is 0 Å². The van der Waals surface area contributed by atoms with Gasteiger partial charge >= 0.3 is 0 Å². The van der Waals surface area contributed by atoms with Crippen molar-refractivity contribution in [2.45, 2.75) is 6.10 Å². The molecule has 0 radical (unpaired) electrons. The number of β-lactam (4-membered cyclic amide) rings is 1. The highest BCUT2D eigenvalue weighted by Gasteiger charge is 2.35. The van der Waals surface area contributed by atoms with E-state index < -0.39 is 6.10 Å². The number of carbonyl (C=O) groups excluding carboxylic acids is 1. The summed E-state index contributed by atoms with van der Waals surface area (Å²) in [6.45, 7) is 0.380. The molecule has 0 bridgehead atoms. The highest BCUT2D eigenvalue weighted by molar-refractivity contribution is 6.03. The van der Waals surface area contributed by atoms with Crippen molar-refractivity contribution in [1.82, 2.24) is 0 Å². The number of nitrogens with zero attached hydrogens (tertiary/aromatic N) is 1. The number of anilines is 1. The zero-order valence-electron chi connectivity index (χ0n) is 7.80. The Morgan fingerprint density at radius 3 is 2.50 bits per heavy atom. The van der Waals surface area contributed by atoms with Crippen LogP contribution >= 0.6 is 0 Å². The number of hydrogen-bond donors (Lipinski definition) is 1. The number of methoxy groups -OCH3 is 1. The first-order valence-electron chi connectivity index (χ1n) is 4.36. The van der Waals surface area contributed by atoms with Gasteiger partial charge in [0, 0.05) is 5.69 Å². The molecule has 1 heterocycles. The average molecular weight is 193 g/mol. The number of rotatable bonds is 2. The van der Waals surface area contributed by atoms with E-state index in [2.05, 4.69) is 0 Å². The Kier molecular flexibility index (Phi) is 2.13. The lowest BCUT2D eigenvalue weighted by Crippen LogP contribution is -2.56. The number of carbonyl (C=O) groups is 1. The summed E-state index contributed by atoms with van der Waals surface area (Å²) in [5.41, 5.74) is 0.793. The van der Waals surface area contributed by atoms with Crippen LogP contribution in [-0.4, -0.2) is 30.8 Å². The van der Waals surface area contributed by atoms with E-state index in [4.69, 9.17) is 9.84 Å². The van der Waals surface area contributed by atoms with Gasteiger partial charge < -0.3 is 14.7 Å². The Morgan fingerprint density at radius 2 is 2.07 bits per heavy atom. The summed E-state index contributed by atoms with van der Waals surface area (Å²) in [5.74, 6) is 0.512. The maximum absolute atomic E-state index is 11.2. The fraction of sp³-hybridized carbons (Fsp3) is 0.300. The molecule has 1 fully saturated rings. The molecule has 1 saturated heterocycles. The van der Waals surface area contributed by atoms with Crippen LogP contribution in [0.5, 0.6) is 5.75 Å². The van der Waals surface area contributed by atoms with Gasteiger partial charge in [0.2, 0.25) is 0 Å². The van der Waals surface area contributed by atoms with E-state index in [0.29, 0.717) is 6.54 Å². The van der Waals surface area contributed by atoms with Crippen molar-refractivity contribution in [2.24, 2.45) is 0 Å².